The number of benzene rings is 1. The highest BCUT2D eigenvalue weighted by Gasteiger charge is 2.07. The summed E-state index contributed by atoms with van der Waals surface area (Å²) in [5.41, 5.74) is 1.21. The molecule has 0 aliphatic carbocycles. The molecule has 0 bridgehead atoms. The summed E-state index contributed by atoms with van der Waals surface area (Å²) in [6, 6.07) is 8.69. The first-order chi connectivity index (χ1) is 9.17. The molecule has 0 atom stereocenters. The molecule has 0 spiro atoms. The molecule has 0 saturated carbocycles. The summed E-state index contributed by atoms with van der Waals surface area (Å²) >= 11 is 0. The maximum absolute atomic E-state index is 11.7. The third-order valence-electron chi connectivity index (χ3n) is 2.43. The second-order valence-corrected chi connectivity index (χ2v) is 3.95. The fourth-order valence-electron chi connectivity index (χ4n) is 1.51. The highest BCUT2D eigenvalue weighted by atomic mass is 16.4. The average molecular weight is 256 g/mol. The summed E-state index contributed by atoms with van der Waals surface area (Å²) in [5.74, 6) is 0.801. The number of rotatable bonds is 4. The molecule has 0 radical (unpaired) electrons. The Labute approximate surface area is 110 Å². The molecule has 1 aromatic heterocycles. The number of hydrogen-bond donors (Lipinski definition) is 1. The largest absolute Gasteiger partial charge is 0.426 e. The number of aromatic nitrogens is 2. The van der Waals surface area contributed by atoms with E-state index in [9.17, 15) is 4.79 Å². The number of nitrogens with zero attached hydrogens (tertiary/aromatic N) is 3. The van der Waals surface area contributed by atoms with Gasteiger partial charge in [-0.1, -0.05) is 0 Å². The van der Waals surface area contributed by atoms with Gasteiger partial charge in [-0.2, -0.15) is 5.26 Å². The SMILES string of the molecule is Cc1nnc(CCC(=O)Nc2ccc(C#N)cc2)o1. The zero-order chi connectivity index (χ0) is 13.7. The van der Waals surface area contributed by atoms with Gasteiger partial charge in [0.2, 0.25) is 17.7 Å². The van der Waals surface area contributed by atoms with Gasteiger partial charge in [0.15, 0.2) is 0 Å². The first-order valence-corrected chi connectivity index (χ1v) is 5.76. The number of carbonyl (C=O) groups excluding carboxylic acids is 1. The van der Waals surface area contributed by atoms with Crippen LogP contribution in [0.3, 0.4) is 0 Å². The van der Waals surface area contributed by atoms with Crippen LogP contribution in [0.15, 0.2) is 28.7 Å². The van der Waals surface area contributed by atoms with E-state index in [2.05, 4.69) is 15.5 Å². The Morgan fingerprint density at radius 2 is 2.11 bits per heavy atom. The number of hydrogen-bond acceptors (Lipinski definition) is 5. The lowest BCUT2D eigenvalue weighted by molar-refractivity contribution is -0.116. The molecular formula is C13H12N4O2. The van der Waals surface area contributed by atoms with Crippen molar-refractivity contribution in [2.75, 3.05) is 5.32 Å². The fraction of sp³-hybridized carbons (Fsp3) is 0.231. The Morgan fingerprint density at radius 1 is 1.37 bits per heavy atom. The van der Waals surface area contributed by atoms with Gasteiger partial charge in [0.1, 0.15) is 0 Å². The Kier molecular flexibility index (Phi) is 3.88. The van der Waals surface area contributed by atoms with Crippen LogP contribution in [0.5, 0.6) is 0 Å². The molecule has 1 amide bonds. The number of nitriles is 1. The third kappa shape index (κ3) is 3.64. The maximum atomic E-state index is 11.7. The molecule has 0 fully saturated rings. The van der Waals surface area contributed by atoms with Gasteiger partial charge in [-0.3, -0.25) is 4.79 Å². The van der Waals surface area contributed by atoms with E-state index in [-0.39, 0.29) is 12.3 Å². The van der Waals surface area contributed by atoms with E-state index in [0.717, 1.165) is 0 Å². The van der Waals surface area contributed by atoms with Crippen molar-refractivity contribution >= 4 is 11.6 Å². The molecule has 1 aromatic carbocycles. The van der Waals surface area contributed by atoms with Crippen LogP contribution in [0.4, 0.5) is 5.69 Å². The van der Waals surface area contributed by atoms with Crippen LogP contribution in [-0.4, -0.2) is 16.1 Å². The lowest BCUT2D eigenvalue weighted by atomic mass is 10.2. The Balaban J connectivity index is 1.85. The molecule has 6 nitrogen and oxygen atoms in total. The van der Waals surface area contributed by atoms with E-state index >= 15 is 0 Å². The van der Waals surface area contributed by atoms with Crippen molar-refractivity contribution < 1.29 is 9.21 Å². The number of aryl methyl sites for hydroxylation is 2. The van der Waals surface area contributed by atoms with Gasteiger partial charge in [0.25, 0.3) is 0 Å². The number of carbonyl (C=O) groups is 1. The molecular weight excluding hydrogens is 244 g/mol. The molecule has 0 saturated heterocycles. The van der Waals surface area contributed by atoms with Crippen LogP contribution in [0, 0.1) is 18.3 Å². The highest BCUT2D eigenvalue weighted by molar-refractivity contribution is 5.90. The molecule has 0 unspecified atom stereocenters. The van der Waals surface area contributed by atoms with Crippen LogP contribution in [0.2, 0.25) is 0 Å². The monoisotopic (exact) mass is 256 g/mol. The molecule has 0 aliphatic heterocycles. The quantitative estimate of drug-likeness (QED) is 0.900. The molecule has 2 rings (SSSR count). The fourth-order valence-corrected chi connectivity index (χ4v) is 1.51. The van der Waals surface area contributed by atoms with Gasteiger partial charge >= 0.3 is 0 Å². The molecule has 0 aliphatic rings. The predicted molar refractivity (Wildman–Crippen MR) is 67.1 cm³/mol. The van der Waals surface area contributed by atoms with Crippen LogP contribution < -0.4 is 5.32 Å². The normalized spacial score (nSPS) is 9.89. The van der Waals surface area contributed by atoms with Gasteiger partial charge in [-0.25, -0.2) is 0 Å². The lowest BCUT2D eigenvalue weighted by Gasteiger charge is -2.03. The average Bonchev–Trinajstić information content (AvgIpc) is 2.83. The summed E-state index contributed by atoms with van der Waals surface area (Å²) in [6.45, 7) is 1.70. The van der Waals surface area contributed by atoms with Crippen molar-refractivity contribution in [1.82, 2.24) is 10.2 Å². The van der Waals surface area contributed by atoms with Gasteiger partial charge in [0.05, 0.1) is 11.6 Å². The number of nitrogens with one attached hydrogen (secondary N) is 1. The van der Waals surface area contributed by atoms with Crippen molar-refractivity contribution in [1.29, 1.82) is 5.26 Å². The second-order valence-electron chi connectivity index (χ2n) is 3.95. The first kappa shape index (κ1) is 12.8. The topological polar surface area (TPSA) is 91.8 Å². The van der Waals surface area contributed by atoms with E-state index in [4.69, 9.17) is 9.68 Å². The zero-order valence-corrected chi connectivity index (χ0v) is 10.4. The van der Waals surface area contributed by atoms with Crippen molar-refractivity contribution in [3.05, 3.63) is 41.6 Å². The maximum Gasteiger partial charge on any atom is 0.224 e. The summed E-state index contributed by atoms with van der Waals surface area (Å²) in [4.78, 5) is 11.7. The lowest BCUT2D eigenvalue weighted by Crippen LogP contribution is -2.12. The number of amides is 1. The summed E-state index contributed by atoms with van der Waals surface area (Å²) < 4.78 is 5.18. The minimum Gasteiger partial charge on any atom is -0.426 e. The predicted octanol–water partition coefficient (Wildman–Crippen LogP) is 1.82. The van der Waals surface area contributed by atoms with Crippen LogP contribution >= 0.6 is 0 Å². The van der Waals surface area contributed by atoms with E-state index < -0.39 is 0 Å². The summed E-state index contributed by atoms with van der Waals surface area (Å²) in [6.07, 6.45) is 0.671. The number of anilines is 1. The van der Waals surface area contributed by atoms with E-state index in [0.29, 0.717) is 29.5 Å². The van der Waals surface area contributed by atoms with Gasteiger partial charge < -0.3 is 9.73 Å². The van der Waals surface area contributed by atoms with Crippen molar-refractivity contribution in [3.8, 4) is 6.07 Å². The van der Waals surface area contributed by atoms with E-state index in [1.807, 2.05) is 6.07 Å². The Hall–Kier alpha value is -2.68. The van der Waals surface area contributed by atoms with Crippen molar-refractivity contribution in [3.63, 3.8) is 0 Å². The van der Waals surface area contributed by atoms with Gasteiger partial charge in [0, 0.05) is 25.5 Å². The van der Waals surface area contributed by atoms with E-state index in [1.54, 1.807) is 31.2 Å². The van der Waals surface area contributed by atoms with Gasteiger partial charge in [-0.15, -0.1) is 10.2 Å². The summed E-state index contributed by atoms with van der Waals surface area (Å²) in [7, 11) is 0. The minimum atomic E-state index is -0.138. The molecule has 1 heterocycles. The molecule has 2 aromatic rings. The Bertz CT molecular complexity index is 610. The first-order valence-electron chi connectivity index (χ1n) is 5.76. The second kappa shape index (κ2) is 5.78. The third-order valence-corrected chi connectivity index (χ3v) is 2.43. The van der Waals surface area contributed by atoms with Crippen LogP contribution in [0.25, 0.3) is 0 Å². The molecule has 96 valence electrons. The van der Waals surface area contributed by atoms with E-state index in [1.165, 1.54) is 0 Å². The van der Waals surface area contributed by atoms with Crippen LogP contribution in [0.1, 0.15) is 23.8 Å². The highest BCUT2D eigenvalue weighted by Crippen LogP contribution is 2.10. The molecule has 19 heavy (non-hydrogen) atoms. The smallest absolute Gasteiger partial charge is 0.224 e. The van der Waals surface area contributed by atoms with Crippen LogP contribution in [-0.2, 0) is 11.2 Å². The van der Waals surface area contributed by atoms with Crippen molar-refractivity contribution in [2.45, 2.75) is 19.8 Å². The molecule has 6 heteroatoms. The Morgan fingerprint density at radius 3 is 2.68 bits per heavy atom. The van der Waals surface area contributed by atoms with Crippen molar-refractivity contribution in [2.24, 2.45) is 0 Å². The minimum absolute atomic E-state index is 0.138. The standard InChI is InChI=1S/C13H12N4O2/c1-9-16-17-13(19-9)7-6-12(18)15-11-4-2-10(8-14)3-5-11/h2-5H,6-7H2,1H3,(H,15,18). The molecule has 1 N–H and O–H groups in total. The van der Waals surface area contributed by atoms with Gasteiger partial charge in [-0.05, 0) is 24.3 Å². The zero-order valence-electron chi connectivity index (χ0n) is 10.4. The summed E-state index contributed by atoms with van der Waals surface area (Å²) in [5, 5.41) is 18.9.